The number of fused-ring (bicyclic) bond motifs is 1. The van der Waals surface area contributed by atoms with Gasteiger partial charge < -0.3 is 10.2 Å². The van der Waals surface area contributed by atoms with Crippen molar-refractivity contribution in [3.05, 3.63) is 64.7 Å². The van der Waals surface area contributed by atoms with Gasteiger partial charge in [0.1, 0.15) is 0 Å². The van der Waals surface area contributed by atoms with E-state index in [2.05, 4.69) is 26.1 Å². The molecule has 0 fully saturated rings. The molecular weight excluding hydrogens is 342 g/mol. The Bertz CT molecular complexity index is 871. The zero-order valence-corrected chi connectivity index (χ0v) is 15.9. The first-order chi connectivity index (χ1) is 12.8. The summed E-state index contributed by atoms with van der Waals surface area (Å²) in [5.41, 5.74) is 5.94. The number of carbonyl (C=O) groups is 2. The first-order valence-electron chi connectivity index (χ1n) is 9.01. The highest BCUT2D eigenvalue weighted by Crippen LogP contribution is 2.30. The van der Waals surface area contributed by atoms with E-state index in [4.69, 9.17) is 5.21 Å². The second kappa shape index (κ2) is 7.40. The van der Waals surface area contributed by atoms with Crippen LogP contribution < -0.4 is 10.8 Å². The van der Waals surface area contributed by atoms with E-state index in [-0.39, 0.29) is 11.4 Å². The van der Waals surface area contributed by atoms with E-state index in [9.17, 15) is 9.59 Å². The Kier molecular flexibility index (Phi) is 5.19. The number of rotatable bonds is 2. The van der Waals surface area contributed by atoms with Crippen molar-refractivity contribution in [3.8, 4) is 0 Å². The first kappa shape index (κ1) is 18.9. The smallest absolute Gasteiger partial charge is 0.320 e. The van der Waals surface area contributed by atoms with Crippen LogP contribution >= 0.6 is 0 Å². The molecular formula is C21H25N3O3. The van der Waals surface area contributed by atoms with Crippen molar-refractivity contribution in [3.63, 3.8) is 0 Å². The van der Waals surface area contributed by atoms with Gasteiger partial charge in [-0.15, -0.1) is 0 Å². The van der Waals surface area contributed by atoms with Crippen molar-refractivity contribution < 1.29 is 14.8 Å². The van der Waals surface area contributed by atoms with Gasteiger partial charge in [-0.25, -0.2) is 10.3 Å². The largest absolute Gasteiger partial charge is 0.322 e. The Morgan fingerprint density at radius 1 is 1.07 bits per heavy atom. The molecule has 0 bridgehead atoms. The lowest BCUT2D eigenvalue weighted by atomic mass is 9.86. The van der Waals surface area contributed by atoms with E-state index in [1.54, 1.807) is 22.5 Å². The van der Waals surface area contributed by atoms with E-state index in [0.29, 0.717) is 25.1 Å². The highest BCUT2D eigenvalue weighted by Gasteiger charge is 2.24. The minimum absolute atomic E-state index is 0.0674. The molecule has 142 valence electrons. The van der Waals surface area contributed by atoms with E-state index in [0.717, 1.165) is 22.4 Å². The molecule has 2 aromatic carbocycles. The van der Waals surface area contributed by atoms with Gasteiger partial charge in [0.05, 0.1) is 0 Å². The lowest BCUT2D eigenvalue weighted by Gasteiger charge is -2.30. The lowest BCUT2D eigenvalue weighted by molar-refractivity contribution is 0.0706. The Morgan fingerprint density at radius 3 is 2.52 bits per heavy atom. The summed E-state index contributed by atoms with van der Waals surface area (Å²) < 4.78 is 0. The zero-order valence-electron chi connectivity index (χ0n) is 15.9. The molecule has 1 aliphatic rings. The van der Waals surface area contributed by atoms with Crippen LogP contribution in [0.4, 0.5) is 10.5 Å². The number of hydrogen-bond donors (Lipinski definition) is 3. The predicted octanol–water partition coefficient (Wildman–Crippen LogP) is 3.69. The molecule has 0 aliphatic carbocycles. The summed E-state index contributed by atoms with van der Waals surface area (Å²) >= 11 is 0. The van der Waals surface area contributed by atoms with Crippen LogP contribution in [0.2, 0.25) is 0 Å². The SMILES string of the molecule is CC(C)(C)c1ccccc1NC(=O)N1CCc2cc(C(=O)NO)ccc2C1. The highest BCUT2D eigenvalue weighted by molar-refractivity contribution is 5.94. The number of para-hydroxylation sites is 1. The second-order valence-corrected chi connectivity index (χ2v) is 7.82. The molecule has 0 aromatic heterocycles. The molecule has 3 amide bonds. The number of nitrogens with zero attached hydrogens (tertiary/aromatic N) is 1. The van der Waals surface area contributed by atoms with Crippen LogP contribution in [0.15, 0.2) is 42.5 Å². The Balaban J connectivity index is 1.75. The van der Waals surface area contributed by atoms with Crippen LogP contribution in [-0.2, 0) is 18.4 Å². The van der Waals surface area contributed by atoms with Crippen LogP contribution in [-0.4, -0.2) is 28.6 Å². The molecule has 0 atom stereocenters. The Labute approximate surface area is 159 Å². The summed E-state index contributed by atoms with van der Waals surface area (Å²) in [4.78, 5) is 26.1. The van der Waals surface area contributed by atoms with Gasteiger partial charge in [0.2, 0.25) is 0 Å². The summed E-state index contributed by atoms with van der Waals surface area (Å²) in [6.45, 7) is 7.42. The van der Waals surface area contributed by atoms with Crippen molar-refractivity contribution in [1.29, 1.82) is 0 Å². The van der Waals surface area contributed by atoms with Crippen molar-refractivity contribution in [2.75, 3.05) is 11.9 Å². The van der Waals surface area contributed by atoms with Crippen LogP contribution in [0.25, 0.3) is 0 Å². The van der Waals surface area contributed by atoms with Crippen LogP contribution in [0.1, 0.15) is 47.8 Å². The van der Waals surface area contributed by atoms with Crippen LogP contribution in [0, 0.1) is 0 Å². The molecule has 0 unspecified atom stereocenters. The Morgan fingerprint density at radius 2 is 1.81 bits per heavy atom. The minimum atomic E-state index is -0.531. The van der Waals surface area contributed by atoms with Crippen molar-refractivity contribution in [2.45, 2.75) is 39.2 Å². The standard InChI is InChI=1S/C21H25N3O3/c1-21(2,3)17-6-4-5-7-18(17)22-20(26)24-11-10-14-12-15(19(25)23-27)8-9-16(14)13-24/h4-9,12,27H,10-11,13H2,1-3H3,(H,22,26)(H,23,25). The van der Waals surface area contributed by atoms with Crippen molar-refractivity contribution in [1.82, 2.24) is 10.4 Å². The summed E-state index contributed by atoms with van der Waals surface area (Å²) in [5.74, 6) is -0.531. The van der Waals surface area contributed by atoms with Gasteiger partial charge in [-0.1, -0.05) is 45.0 Å². The molecule has 0 saturated heterocycles. The highest BCUT2D eigenvalue weighted by atomic mass is 16.5. The third-order valence-electron chi connectivity index (χ3n) is 4.85. The van der Waals surface area contributed by atoms with E-state index >= 15 is 0 Å². The number of amides is 3. The van der Waals surface area contributed by atoms with E-state index in [1.165, 1.54) is 0 Å². The van der Waals surface area contributed by atoms with E-state index < -0.39 is 5.91 Å². The normalized spacial score (nSPS) is 13.7. The number of nitrogens with one attached hydrogen (secondary N) is 2. The summed E-state index contributed by atoms with van der Waals surface area (Å²) in [5, 5.41) is 11.8. The molecule has 6 heteroatoms. The first-order valence-corrected chi connectivity index (χ1v) is 9.01. The maximum absolute atomic E-state index is 12.8. The Hall–Kier alpha value is -2.86. The fourth-order valence-corrected chi connectivity index (χ4v) is 3.37. The van der Waals surface area contributed by atoms with Crippen molar-refractivity contribution in [2.24, 2.45) is 0 Å². The van der Waals surface area contributed by atoms with Gasteiger partial charge in [0.15, 0.2) is 0 Å². The zero-order chi connectivity index (χ0) is 19.6. The lowest BCUT2D eigenvalue weighted by Crippen LogP contribution is -2.39. The number of hydrogen-bond acceptors (Lipinski definition) is 3. The number of hydroxylamine groups is 1. The number of carbonyl (C=O) groups excluding carboxylic acids is 2. The number of anilines is 1. The van der Waals surface area contributed by atoms with Gasteiger partial charge in [0.25, 0.3) is 5.91 Å². The fraction of sp³-hybridized carbons (Fsp3) is 0.333. The summed E-state index contributed by atoms with van der Waals surface area (Å²) in [6.07, 6.45) is 0.663. The molecule has 0 spiro atoms. The summed E-state index contributed by atoms with van der Waals surface area (Å²) in [7, 11) is 0. The molecule has 1 heterocycles. The van der Waals surface area contributed by atoms with Gasteiger partial charge in [-0.05, 0) is 46.7 Å². The maximum Gasteiger partial charge on any atom is 0.322 e. The topological polar surface area (TPSA) is 81.7 Å². The molecule has 3 rings (SSSR count). The van der Waals surface area contributed by atoms with Gasteiger partial charge >= 0.3 is 6.03 Å². The maximum atomic E-state index is 12.8. The van der Waals surface area contributed by atoms with Crippen LogP contribution in [0.5, 0.6) is 0 Å². The average molecular weight is 367 g/mol. The van der Waals surface area contributed by atoms with Gasteiger partial charge in [0, 0.05) is 24.3 Å². The molecule has 27 heavy (non-hydrogen) atoms. The molecule has 0 radical (unpaired) electrons. The van der Waals surface area contributed by atoms with Gasteiger partial charge in [-0.3, -0.25) is 10.0 Å². The van der Waals surface area contributed by atoms with Crippen LogP contribution in [0.3, 0.4) is 0 Å². The number of benzene rings is 2. The van der Waals surface area contributed by atoms with Gasteiger partial charge in [-0.2, -0.15) is 0 Å². The monoisotopic (exact) mass is 367 g/mol. The molecule has 1 aliphatic heterocycles. The number of urea groups is 1. The average Bonchev–Trinajstić information content (AvgIpc) is 2.66. The third-order valence-corrected chi connectivity index (χ3v) is 4.85. The third kappa shape index (κ3) is 4.11. The van der Waals surface area contributed by atoms with E-state index in [1.807, 2.05) is 30.3 Å². The molecule has 6 nitrogen and oxygen atoms in total. The minimum Gasteiger partial charge on any atom is -0.320 e. The molecule has 2 aromatic rings. The molecule has 0 saturated carbocycles. The molecule has 3 N–H and O–H groups in total. The van der Waals surface area contributed by atoms with Crippen molar-refractivity contribution >= 4 is 17.6 Å². The quantitative estimate of drug-likeness (QED) is 0.559. The second-order valence-electron chi connectivity index (χ2n) is 7.82. The predicted molar refractivity (Wildman–Crippen MR) is 104 cm³/mol. The summed E-state index contributed by atoms with van der Waals surface area (Å²) in [6, 6.07) is 13.0. The fourth-order valence-electron chi connectivity index (χ4n) is 3.37.